The van der Waals surface area contributed by atoms with Gasteiger partial charge in [0.15, 0.2) is 5.65 Å². The van der Waals surface area contributed by atoms with Crippen molar-refractivity contribution >= 4 is 28.4 Å². The molecule has 7 nitrogen and oxygen atoms in total. The standard InChI is InChI=1S/C21H27N5O2/c1-13(2)21(28)23-12-11-22-19(27)10-9-16-14(3)24-20-17-7-5-6-8-18(17)25-26(20)15(16)4/h5-8,13H,9-12H2,1-4H3,(H,22,27)(H,23,28). The quantitative estimate of drug-likeness (QED) is 0.615. The van der Waals surface area contributed by atoms with E-state index in [0.717, 1.165) is 33.5 Å². The third kappa shape index (κ3) is 4.13. The molecule has 0 aliphatic heterocycles. The minimum Gasteiger partial charge on any atom is -0.354 e. The number of carbonyl (C=O) groups is 2. The summed E-state index contributed by atoms with van der Waals surface area (Å²) in [4.78, 5) is 28.4. The van der Waals surface area contributed by atoms with E-state index in [1.165, 1.54) is 0 Å². The summed E-state index contributed by atoms with van der Waals surface area (Å²) in [5.74, 6) is -0.0992. The molecule has 0 saturated heterocycles. The van der Waals surface area contributed by atoms with Crippen molar-refractivity contribution in [1.82, 2.24) is 25.2 Å². The van der Waals surface area contributed by atoms with Crippen molar-refractivity contribution in [3.63, 3.8) is 0 Å². The fourth-order valence-electron chi connectivity index (χ4n) is 3.26. The van der Waals surface area contributed by atoms with Crippen LogP contribution in [0.5, 0.6) is 0 Å². The van der Waals surface area contributed by atoms with Crippen molar-refractivity contribution < 1.29 is 9.59 Å². The third-order valence-electron chi connectivity index (χ3n) is 4.89. The summed E-state index contributed by atoms with van der Waals surface area (Å²) in [5.41, 5.74) is 4.74. The lowest BCUT2D eigenvalue weighted by molar-refractivity contribution is -0.124. The van der Waals surface area contributed by atoms with Crippen LogP contribution < -0.4 is 10.6 Å². The minimum atomic E-state index is -0.0528. The van der Waals surface area contributed by atoms with Crippen LogP contribution >= 0.6 is 0 Å². The molecule has 0 bridgehead atoms. The average Bonchev–Trinajstić information content (AvgIpc) is 3.03. The van der Waals surface area contributed by atoms with E-state index in [9.17, 15) is 9.59 Å². The molecule has 0 radical (unpaired) electrons. The Morgan fingerprint density at radius 1 is 1.11 bits per heavy atom. The second-order valence-electron chi connectivity index (χ2n) is 7.31. The molecule has 2 aromatic heterocycles. The molecule has 0 unspecified atom stereocenters. The number of aryl methyl sites for hydroxylation is 2. The minimum absolute atomic E-state index is 0.00788. The molecule has 1 aromatic carbocycles. The lowest BCUT2D eigenvalue weighted by Crippen LogP contribution is -2.36. The number of carbonyl (C=O) groups excluding carboxylic acids is 2. The monoisotopic (exact) mass is 381 g/mol. The Bertz CT molecular complexity index is 1020. The van der Waals surface area contributed by atoms with Crippen LogP contribution in [0.15, 0.2) is 24.3 Å². The van der Waals surface area contributed by atoms with E-state index in [4.69, 9.17) is 4.98 Å². The number of hydrogen-bond donors (Lipinski definition) is 2. The van der Waals surface area contributed by atoms with Gasteiger partial charge in [-0.3, -0.25) is 9.59 Å². The molecule has 2 heterocycles. The van der Waals surface area contributed by atoms with Gasteiger partial charge in [0.2, 0.25) is 11.8 Å². The van der Waals surface area contributed by atoms with Crippen molar-refractivity contribution in [1.29, 1.82) is 0 Å². The summed E-state index contributed by atoms with van der Waals surface area (Å²) in [6, 6.07) is 7.95. The van der Waals surface area contributed by atoms with E-state index in [1.54, 1.807) is 0 Å². The Kier molecular flexibility index (Phi) is 5.92. The maximum atomic E-state index is 12.2. The number of aromatic nitrogens is 3. The molecule has 148 valence electrons. The lowest BCUT2D eigenvalue weighted by atomic mass is 10.1. The number of benzene rings is 1. The van der Waals surface area contributed by atoms with Crippen molar-refractivity contribution in [2.24, 2.45) is 5.92 Å². The fraction of sp³-hybridized carbons (Fsp3) is 0.429. The molecule has 3 rings (SSSR count). The van der Waals surface area contributed by atoms with Crippen LogP contribution in [0.1, 0.15) is 37.2 Å². The maximum Gasteiger partial charge on any atom is 0.222 e. The zero-order valence-corrected chi connectivity index (χ0v) is 16.9. The fourth-order valence-corrected chi connectivity index (χ4v) is 3.26. The first kappa shape index (κ1) is 19.8. The van der Waals surface area contributed by atoms with Gasteiger partial charge in [0, 0.05) is 42.2 Å². The Morgan fingerprint density at radius 3 is 2.57 bits per heavy atom. The highest BCUT2D eigenvalue weighted by molar-refractivity contribution is 5.92. The van der Waals surface area contributed by atoms with Gasteiger partial charge < -0.3 is 10.6 Å². The van der Waals surface area contributed by atoms with Crippen LogP contribution in [-0.2, 0) is 16.0 Å². The first-order valence-corrected chi connectivity index (χ1v) is 9.66. The summed E-state index contributed by atoms with van der Waals surface area (Å²) in [5, 5.41) is 11.3. The highest BCUT2D eigenvalue weighted by Gasteiger charge is 2.15. The predicted molar refractivity (Wildman–Crippen MR) is 109 cm³/mol. The molecule has 28 heavy (non-hydrogen) atoms. The molecule has 7 heteroatoms. The first-order valence-electron chi connectivity index (χ1n) is 9.66. The van der Waals surface area contributed by atoms with Crippen LogP contribution in [0.3, 0.4) is 0 Å². The molecule has 3 aromatic rings. The van der Waals surface area contributed by atoms with E-state index in [0.29, 0.717) is 25.9 Å². The summed E-state index contributed by atoms with van der Waals surface area (Å²) < 4.78 is 1.87. The number of nitrogens with one attached hydrogen (secondary N) is 2. The van der Waals surface area contributed by atoms with Gasteiger partial charge in [-0.05, 0) is 38.0 Å². The molecule has 2 N–H and O–H groups in total. The van der Waals surface area contributed by atoms with Crippen LogP contribution in [-0.4, -0.2) is 39.5 Å². The molecular formula is C21H27N5O2. The third-order valence-corrected chi connectivity index (χ3v) is 4.89. The van der Waals surface area contributed by atoms with Crippen molar-refractivity contribution in [2.45, 2.75) is 40.5 Å². The second-order valence-corrected chi connectivity index (χ2v) is 7.31. The highest BCUT2D eigenvalue weighted by Crippen LogP contribution is 2.22. The van der Waals surface area contributed by atoms with E-state index < -0.39 is 0 Å². The van der Waals surface area contributed by atoms with Gasteiger partial charge in [-0.1, -0.05) is 26.0 Å². The van der Waals surface area contributed by atoms with Gasteiger partial charge in [0.1, 0.15) is 0 Å². The van der Waals surface area contributed by atoms with Gasteiger partial charge in [-0.25, -0.2) is 9.50 Å². The van der Waals surface area contributed by atoms with Crippen molar-refractivity contribution in [3.05, 3.63) is 41.2 Å². The normalized spacial score (nSPS) is 11.3. The number of amides is 2. The average molecular weight is 381 g/mol. The topological polar surface area (TPSA) is 88.4 Å². The van der Waals surface area contributed by atoms with E-state index in [2.05, 4.69) is 15.7 Å². The SMILES string of the molecule is Cc1nc2c3ccccc3nn2c(C)c1CCC(=O)NCCNC(=O)C(C)C. The number of fused-ring (bicyclic) bond motifs is 3. The zero-order chi connectivity index (χ0) is 20.3. The van der Waals surface area contributed by atoms with E-state index in [-0.39, 0.29) is 17.7 Å². The highest BCUT2D eigenvalue weighted by atomic mass is 16.2. The Balaban J connectivity index is 1.63. The summed E-state index contributed by atoms with van der Waals surface area (Å²) >= 11 is 0. The maximum absolute atomic E-state index is 12.2. The van der Waals surface area contributed by atoms with Crippen LogP contribution in [0.2, 0.25) is 0 Å². The van der Waals surface area contributed by atoms with Gasteiger partial charge in [0.25, 0.3) is 0 Å². The molecule has 0 aliphatic rings. The Labute approximate surface area is 164 Å². The lowest BCUT2D eigenvalue weighted by Gasteiger charge is -2.12. The van der Waals surface area contributed by atoms with Gasteiger partial charge in [-0.15, -0.1) is 0 Å². The molecule has 0 atom stereocenters. The van der Waals surface area contributed by atoms with Gasteiger partial charge >= 0.3 is 0 Å². The summed E-state index contributed by atoms with van der Waals surface area (Å²) in [6.45, 7) is 8.54. The van der Waals surface area contributed by atoms with Crippen molar-refractivity contribution in [2.75, 3.05) is 13.1 Å². The van der Waals surface area contributed by atoms with Crippen molar-refractivity contribution in [3.8, 4) is 0 Å². The van der Waals surface area contributed by atoms with E-state index >= 15 is 0 Å². The van der Waals surface area contributed by atoms with Crippen LogP contribution in [0.25, 0.3) is 16.6 Å². The smallest absolute Gasteiger partial charge is 0.222 e. The molecular weight excluding hydrogens is 354 g/mol. The van der Waals surface area contributed by atoms with Gasteiger partial charge in [-0.2, -0.15) is 5.10 Å². The molecule has 2 amide bonds. The second kappa shape index (κ2) is 8.37. The Morgan fingerprint density at radius 2 is 1.82 bits per heavy atom. The first-order chi connectivity index (χ1) is 13.4. The largest absolute Gasteiger partial charge is 0.354 e. The summed E-state index contributed by atoms with van der Waals surface area (Å²) in [7, 11) is 0. The number of nitrogens with zero attached hydrogens (tertiary/aromatic N) is 3. The number of hydrogen-bond acceptors (Lipinski definition) is 4. The summed E-state index contributed by atoms with van der Waals surface area (Å²) in [6.07, 6.45) is 0.967. The molecule has 0 aliphatic carbocycles. The van der Waals surface area contributed by atoms with Gasteiger partial charge in [0.05, 0.1) is 5.52 Å². The van der Waals surface area contributed by atoms with Crippen LogP contribution in [0, 0.1) is 19.8 Å². The molecule has 0 fully saturated rings. The molecule has 0 saturated carbocycles. The zero-order valence-electron chi connectivity index (χ0n) is 16.9. The van der Waals surface area contributed by atoms with Crippen LogP contribution in [0.4, 0.5) is 0 Å². The Hall–Kier alpha value is -2.96. The predicted octanol–water partition coefficient (Wildman–Crippen LogP) is 2.32. The molecule has 0 spiro atoms. The number of rotatable bonds is 7. The van der Waals surface area contributed by atoms with E-state index in [1.807, 2.05) is 56.5 Å².